The maximum Gasteiger partial charge on any atom is 0.262 e. The average Bonchev–Trinajstić information content (AvgIpc) is 2.67. The van der Waals surface area contributed by atoms with Crippen molar-refractivity contribution in [2.75, 3.05) is 5.32 Å². The van der Waals surface area contributed by atoms with Crippen molar-refractivity contribution in [1.82, 2.24) is 9.55 Å². The largest absolute Gasteiger partial charge is 0.325 e. The smallest absolute Gasteiger partial charge is 0.262 e. The number of nitrogens with one attached hydrogen (secondary N) is 1. The third kappa shape index (κ3) is 4.53. The quantitative estimate of drug-likeness (QED) is 0.467. The first-order valence-corrected chi connectivity index (χ1v) is 10.7. The van der Waals surface area contributed by atoms with E-state index in [0.717, 1.165) is 23.2 Å². The second kappa shape index (κ2) is 8.82. The van der Waals surface area contributed by atoms with Crippen LogP contribution in [0.3, 0.4) is 0 Å². The van der Waals surface area contributed by atoms with Gasteiger partial charge in [-0.1, -0.05) is 48.5 Å². The summed E-state index contributed by atoms with van der Waals surface area (Å²) in [5.41, 5.74) is 4.71. The molecule has 0 bridgehead atoms. The molecule has 0 aliphatic carbocycles. The molecule has 152 valence electrons. The molecule has 0 spiro atoms. The number of para-hydroxylation sites is 1. The molecule has 1 amide bonds. The Morgan fingerprint density at radius 2 is 1.83 bits per heavy atom. The Morgan fingerprint density at radius 1 is 1.17 bits per heavy atom. The van der Waals surface area contributed by atoms with Gasteiger partial charge in [0.25, 0.3) is 5.56 Å². The van der Waals surface area contributed by atoms with Gasteiger partial charge in [-0.3, -0.25) is 14.2 Å². The van der Waals surface area contributed by atoms with Crippen molar-refractivity contribution in [3.8, 4) is 0 Å². The van der Waals surface area contributed by atoms with E-state index in [-0.39, 0.29) is 11.5 Å². The molecule has 0 radical (unpaired) electrons. The van der Waals surface area contributed by atoms with Gasteiger partial charge in [0.1, 0.15) is 0 Å². The number of carbonyl (C=O) groups excluding carboxylic acids is 1. The maximum absolute atomic E-state index is 12.9. The van der Waals surface area contributed by atoms with E-state index in [1.165, 1.54) is 17.3 Å². The van der Waals surface area contributed by atoms with E-state index in [9.17, 15) is 9.59 Å². The molecule has 29 heavy (non-hydrogen) atoms. The zero-order chi connectivity index (χ0) is 21.1. The number of amides is 1. The standard InChI is InChI=1S/C23H27N3O2S/c1-6-11-26-22(28)18-9-7-8-10-19(18)24-23(26)29-17(5)21(27)25-20-15(3)12-14(2)13-16(20)4/h7-10,12-13,17H,6,11H2,1-5H3,(H,25,27). The highest BCUT2D eigenvalue weighted by atomic mass is 32.2. The van der Waals surface area contributed by atoms with Crippen molar-refractivity contribution in [1.29, 1.82) is 0 Å². The number of carbonyl (C=O) groups is 1. The summed E-state index contributed by atoms with van der Waals surface area (Å²) in [6, 6.07) is 11.5. The summed E-state index contributed by atoms with van der Waals surface area (Å²) in [7, 11) is 0. The summed E-state index contributed by atoms with van der Waals surface area (Å²) >= 11 is 1.32. The summed E-state index contributed by atoms with van der Waals surface area (Å²) in [6.45, 7) is 10.5. The van der Waals surface area contributed by atoms with E-state index in [2.05, 4.69) is 22.4 Å². The Morgan fingerprint density at radius 3 is 2.48 bits per heavy atom. The van der Waals surface area contributed by atoms with Gasteiger partial charge < -0.3 is 5.32 Å². The van der Waals surface area contributed by atoms with Crippen LogP contribution in [0.25, 0.3) is 10.9 Å². The maximum atomic E-state index is 12.9. The first kappa shape index (κ1) is 21.1. The number of thioether (sulfide) groups is 1. The number of nitrogens with zero attached hydrogens (tertiary/aromatic N) is 2. The zero-order valence-corrected chi connectivity index (χ0v) is 18.4. The highest BCUT2D eigenvalue weighted by Crippen LogP contribution is 2.26. The van der Waals surface area contributed by atoms with E-state index >= 15 is 0 Å². The fraction of sp³-hybridized carbons (Fsp3) is 0.348. The Bertz CT molecular complexity index is 1100. The highest BCUT2D eigenvalue weighted by Gasteiger charge is 2.20. The van der Waals surface area contributed by atoms with Gasteiger partial charge in [-0.2, -0.15) is 0 Å². The van der Waals surface area contributed by atoms with E-state index < -0.39 is 5.25 Å². The number of benzene rings is 2. The number of aryl methyl sites for hydroxylation is 3. The summed E-state index contributed by atoms with van der Waals surface area (Å²) < 4.78 is 1.68. The molecule has 5 nitrogen and oxygen atoms in total. The van der Waals surface area contributed by atoms with Crippen LogP contribution in [0.2, 0.25) is 0 Å². The van der Waals surface area contributed by atoms with Gasteiger partial charge in [-0.25, -0.2) is 4.98 Å². The third-order valence-electron chi connectivity index (χ3n) is 4.85. The number of hydrogen-bond acceptors (Lipinski definition) is 4. The minimum Gasteiger partial charge on any atom is -0.325 e. The molecule has 1 unspecified atom stereocenters. The van der Waals surface area contributed by atoms with Crippen LogP contribution in [0.1, 0.15) is 37.0 Å². The van der Waals surface area contributed by atoms with E-state index in [1.54, 1.807) is 10.6 Å². The van der Waals surface area contributed by atoms with Gasteiger partial charge in [0.15, 0.2) is 5.16 Å². The van der Waals surface area contributed by atoms with E-state index in [4.69, 9.17) is 0 Å². The van der Waals surface area contributed by atoms with Gasteiger partial charge in [0.05, 0.1) is 16.2 Å². The van der Waals surface area contributed by atoms with Crippen molar-refractivity contribution >= 4 is 34.3 Å². The topological polar surface area (TPSA) is 64.0 Å². The zero-order valence-electron chi connectivity index (χ0n) is 17.6. The van der Waals surface area contributed by atoms with Crippen molar-refractivity contribution in [2.24, 2.45) is 0 Å². The number of hydrogen-bond donors (Lipinski definition) is 1. The first-order valence-electron chi connectivity index (χ1n) is 9.86. The lowest BCUT2D eigenvalue weighted by Gasteiger charge is -2.18. The molecule has 1 N–H and O–H groups in total. The summed E-state index contributed by atoms with van der Waals surface area (Å²) in [5.74, 6) is -0.101. The second-order valence-corrected chi connectivity index (χ2v) is 8.70. The Kier molecular flexibility index (Phi) is 6.42. The predicted molar refractivity (Wildman–Crippen MR) is 121 cm³/mol. The van der Waals surface area contributed by atoms with Crippen molar-refractivity contribution < 1.29 is 4.79 Å². The van der Waals surface area contributed by atoms with Crippen LogP contribution in [0, 0.1) is 20.8 Å². The molecule has 0 fully saturated rings. The van der Waals surface area contributed by atoms with E-state index in [0.29, 0.717) is 22.6 Å². The van der Waals surface area contributed by atoms with Crippen LogP contribution in [0.15, 0.2) is 46.3 Å². The Labute approximate surface area is 175 Å². The minimum absolute atomic E-state index is 0.0576. The van der Waals surface area contributed by atoms with Gasteiger partial charge in [0, 0.05) is 12.2 Å². The van der Waals surface area contributed by atoms with Crippen LogP contribution in [-0.2, 0) is 11.3 Å². The number of fused-ring (bicyclic) bond motifs is 1. The minimum atomic E-state index is -0.397. The van der Waals surface area contributed by atoms with Gasteiger partial charge >= 0.3 is 0 Å². The Balaban J connectivity index is 1.89. The molecule has 1 heterocycles. The summed E-state index contributed by atoms with van der Waals surface area (Å²) in [6.07, 6.45) is 0.815. The molecule has 3 aromatic rings. The molecular weight excluding hydrogens is 382 g/mol. The van der Waals surface area contributed by atoms with Crippen LogP contribution in [0.5, 0.6) is 0 Å². The lowest BCUT2D eigenvalue weighted by molar-refractivity contribution is -0.115. The van der Waals surface area contributed by atoms with Gasteiger partial charge in [-0.05, 0) is 57.4 Å². The molecule has 1 aromatic heterocycles. The van der Waals surface area contributed by atoms with Crippen molar-refractivity contribution in [3.63, 3.8) is 0 Å². The van der Waals surface area contributed by atoms with Crippen LogP contribution < -0.4 is 10.9 Å². The van der Waals surface area contributed by atoms with Crippen LogP contribution in [-0.4, -0.2) is 20.7 Å². The molecule has 0 aliphatic rings. The number of aromatic nitrogens is 2. The molecule has 0 aliphatic heterocycles. The predicted octanol–water partition coefficient (Wildman–Crippen LogP) is 4.85. The molecular formula is C23H27N3O2S. The van der Waals surface area contributed by atoms with Crippen LogP contribution in [0.4, 0.5) is 5.69 Å². The lowest BCUT2D eigenvalue weighted by atomic mass is 10.1. The number of anilines is 1. The molecule has 1 atom stereocenters. The number of rotatable bonds is 6. The first-order chi connectivity index (χ1) is 13.8. The normalized spacial score (nSPS) is 12.2. The van der Waals surface area contributed by atoms with Crippen molar-refractivity contribution in [3.05, 3.63) is 63.4 Å². The molecule has 3 rings (SSSR count). The van der Waals surface area contributed by atoms with Gasteiger partial charge in [-0.15, -0.1) is 0 Å². The van der Waals surface area contributed by atoms with Crippen molar-refractivity contribution in [2.45, 2.75) is 58.0 Å². The third-order valence-corrected chi connectivity index (χ3v) is 5.94. The fourth-order valence-corrected chi connectivity index (χ4v) is 4.41. The van der Waals surface area contributed by atoms with Gasteiger partial charge in [0.2, 0.25) is 5.91 Å². The van der Waals surface area contributed by atoms with Crippen LogP contribution >= 0.6 is 11.8 Å². The lowest BCUT2D eigenvalue weighted by Crippen LogP contribution is -2.27. The summed E-state index contributed by atoms with van der Waals surface area (Å²) in [5, 5.41) is 3.84. The molecule has 0 saturated carbocycles. The molecule has 6 heteroatoms. The van der Waals surface area contributed by atoms with E-state index in [1.807, 2.05) is 52.8 Å². The second-order valence-electron chi connectivity index (χ2n) is 7.39. The average molecular weight is 410 g/mol. The monoisotopic (exact) mass is 409 g/mol. The molecule has 0 saturated heterocycles. The molecule has 2 aromatic carbocycles. The Hall–Kier alpha value is -2.60. The SMILES string of the molecule is CCCn1c(SC(C)C(=O)Nc2c(C)cc(C)cc2C)nc2ccccc2c1=O. The fourth-order valence-electron chi connectivity index (χ4n) is 3.47. The summed E-state index contributed by atoms with van der Waals surface area (Å²) in [4.78, 5) is 30.5. The highest BCUT2D eigenvalue weighted by molar-refractivity contribution is 8.00.